The average molecular weight is 381 g/mol. The van der Waals surface area contributed by atoms with Gasteiger partial charge in [-0.15, -0.1) is 0 Å². The third kappa shape index (κ3) is 2.76. The molecule has 8 nitrogen and oxygen atoms in total. The number of aliphatic hydroxyl groups excluding tert-OH is 1. The van der Waals surface area contributed by atoms with E-state index in [9.17, 15) is 19.5 Å². The van der Waals surface area contributed by atoms with E-state index in [1.807, 2.05) is 13.8 Å². The quantitative estimate of drug-likeness (QED) is 0.505. The summed E-state index contributed by atoms with van der Waals surface area (Å²) in [6.07, 6.45) is 3.63. The molecule has 2 unspecified atom stereocenters. The summed E-state index contributed by atoms with van der Waals surface area (Å²) < 4.78 is 6.48. The summed E-state index contributed by atoms with van der Waals surface area (Å²) in [5, 5.41) is 15.1. The second-order valence-corrected chi connectivity index (χ2v) is 7.85. The van der Waals surface area contributed by atoms with Gasteiger partial charge in [0.15, 0.2) is 0 Å². The monoisotopic (exact) mass is 381 g/mol. The molecule has 5 atom stereocenters. The van der Waals surface area contributed by atoms with E-state index in [-0.39, 0.29) is 30.9 Å². The third-order valence-corrected chi connectivity index (χ3v) is 6.63. The Hall–Kier alpha value is -1.67. The fraction of sp³-hybridized carbons (Fsp3) is 0.842. The molecular weight excluding hydrogens is 350 g/mol. The summed E-state index contributed by atoms with van der Waals surface area (Å²) in [5.74, 6) is -2.02. The van der Waals surface area contributed by atoms with E-state index in [4.69, 9.17) is 4.74 Å². The molecule has 3 amide bonds. The van der Waals surface area contributed by atoms with Crippen molar-refractivity contribution in [2.75, 3.05) is 26.7 Å². The lowest BCUT2D eigenvalue weighted by molar-refractivity contribution is -0.147. The highest BCUT2D eigenvalue weighted by Gasteiger charge is 2.78. The van der Waals surface area contributed by atoms with E-state index >= 15 is 0 Å². The molecule has 3 fully saturated rings. The van der Waals surface area contributed by atoms with Gasteiger partial charge in [-0.05, 0) is 25.7 Å². The summed E-state index contributed by atoms with van der Waals surface area (Å²) >= 11 is 0. The molecule has 8 heteroatoms. The molecule has 3 aliphatic heterocycles. The first-order valence-electron chi connectivity index (χ1n) is 10.0. The van der Waals surface area contributed by atoms with Gasteiger partial charge >= 0.3 is 0 Å². The lowest BCUT2D eigenvalue weighted by Crippen LogP contribution is -2.55. The molecule has 0 aromatic rings. The van der Waals surface area contributed by atoms with E-state index in [2.05, 4.69) is 10.6 Å². The van der Waals surface area contributed by atoms with Gasteiger partial charge in [-0.2, -0.15) is 0 Å². The van der Waals surface area contributed by atoms with Gasteiger partial charge in [-0.1, -0.05) is 20.3 Å². The molecule has 27 heavy (non-hydrogen) atoms. The second-order valence-electron chi connectivity index (χ2n) is 7.85. The predicted octanol–water partition coefficient (Wildman–Crippen LogP) is -0.204. The molecule has 0 aliphatic carbocycles. The van der Waals surface area contributed by atoms with Crippen molar-refractivity contribution in [2.45, 2.75) is 63.2 Å². The number of hydrogen-bond donors (Lipinski definition) is 3. The second kappa shape index (κ2) is 7.39. The number of amides is 3. The van der Waals surface area contributed by atoms with Crippen LogP contribution in [0, 0.1) is 11.8 Å². The number of ether oxygens (including phenoxy) is 1. The molecule has 3 aliphatic rings. The fourth-order valence-corrected chi connectivity index (χ4v) is 5.41. The van der Waals surface area contributed by atoms with Crippen molar-refractivity contribution in [3.63, 3.8) is 0 Å². The molecule has 0 radical (unpaired) electrons. The molecular formula is C19H31N3O5. The zero-order valence-electron chi connectivity index (χ0n) is 16.4. The molecule has 0 aromatic carbocycles. The van der Waals surface area contributed by atoms with Crippen molar-refractivity contribution >= 4 is 17.7 Å². The van der Waals surface area contributed by atoms with Gasteiger partial charge in [0.1, 0.15) is 11.6 Å². The van der Waals surface area contributed by atoms with Crippen molar-refractivity contribution in [1.82, 2.24) is 15.5 Å². The van der Waals surface area contributed by atoms with Crippen LogP contribution in [0.25, 0.3) is 0 Å². The van der Waals surface area contributed by atoms with Crippen molar-refractivity contribution in [3.05, 3.63) is 0 Å². The van der Waals surface area contributed by atoms with Gasteiger partial charge in [-0.3, -0.25) is 14.4 Å². The number of β-amino-alcohol motifs (C(OH)–C–C–N with tert-alkyl or cyclic N) is 1. The van der Waals surface area contributed by atoms with Crippen LogP contribution < -0.4 is 10.6 Å². The van der Waals surface area contributed by atoms with Crippen molar-refractivity contribution in [2.24, 2.45) is 11.8 Å². The Bertz CT molecular complexity index is 626. The van der Waals surface area contributed by atoms with Gasteiger partial charge in [0, 0.05) is 20.1 Å². The van der Waals surface area contributed by atoms with Gasteiger partial charge in [0.2, 0.25) is 17.7 Å². The maximum absolute atomic E-state index is 13.3. The van der Waals surface area contributed by atoms with Crippen LogP contribution in [-0.2, 0) is 19.1 Å². The first-order valence-corrected chi connectivity index (χ1v) is 10.0. The number of unbranched alkanes of at least 4 members (excludes halogenated alkanes) is 1. The largest absolute Gasteiger partial charge is 0.395 e. The highest BCUT2D eigenvalue weighted by Crippen LogP contribution is 2.64. The fourth-order valence-electron chi connectivity index (χ4n) is 5.41. The van der Waals surface area contributed by atoms with Gasteiger partial charge in [0.25, 0.3) is 0 Å². The standard InChI is InChI=1S/C19H31N3O5/c1-4-6-9-21-16(25)14-19-8-7-18(5-2,27-19)12(15(24)20-3)13(19)17(26)22(14)10-11-23/h12-14,23H,4-11H2,1-3H3,(H,20,24)(H,21,25)/t12-,13+,14?,18+,19?/m1/s1. The Morgan fingerprint density at radius 3 is 2.63 bits per heavy atom. The summed E-state index contributed by atoms with van der Waals surface area (Å²) in [6.45, 7) is 4.36. The molecule has 0 saturated carbocycles. The molecule has 0 aromatic heterocycles. The van der Waals surface area contributed by atoms with Gasteiger partial charge in [0.05, 0.1) is 24.0 Å². The zero-order chi connectivity index (χ0) is 19.8. The van der Waals surface area contributed by atoms with Crippen LogP contribution in [0.4, 0.5) is 0 Å². The smallest absolute Gasteiger partial charge is 0.245 e. The van der Waals surface area contributed by atoms with Crippen LogP contribution in [0.5, 0.6) is 0 Å². The van der Waals surface area contributed by atoms with Crippen LogP contribution >= 0.6 is 0 Å². The molecule has 3 rings (SSSR count). The molecule has 3 N–H and O–H groups in total. The van der Waals surface area contributed by atoms with Crippen LogP contribution in [0.1, 0.15) is 46.0 Å². The van der Waals surface area contributed by atoms with Crippen LogP contribution in [0.3, 0.4) is 0 Å². The maximum Gasteiger partial charge on any atom is 0.245 e. The first kappa shape index (κ1) is 20.1. The Kier molecular flexibility index (Phi) is 5.49. The normalized spacial score (nSPS) is 36.8. The lowest BCUT2D eigenvalue weighted by Gasteiger charge is -2.33. The number of carbonyl (C=O) groups is 3. The lowest BCUT2D eigenvalue weighted by atomic mass is 9.65. The zero-order valence-corrected chi connectivity index (χ0v) is 16.4. The number of carbonyl (C=O) groups excluding carboxylic acids is 3. The molecule has 3 saturated heterocycles. The molecule has 3 heterocycles. The molecule has 1 spiro atoms. The number of nitrogens with one attached hydrogen (secondary N) is 2. The predicted molar refractivity (Wildman–Crippen MR) is 97.6 cm³/mol. The van der Waals surface area contributed by atoms with Crippen molar-refractivity contribution in [3.8, 4) is 0 Å². The molecule has 2 bridgehead atoms. The minimum Gasteiger partial charge on any atom is -0.395 e. The number of hydrogen-bond acceptors (Lipinski definition) is 5. The summed E-state index contributed by atoms with van der Waals surface area (Å²) in [5.41, 5.74) is -1.69. The number of likely N-dealkylation sites (tertiary alicyclic amines) is 1. The number of aliphatic hydroxyl groups is 1. The van der Waals surface area contributed by atoms with E-state index in [1.54, 1.807) is 7.05 Å². The number of nitrogens with zero attached hydrogens (tertiary/aromatic N) is 1. The summed E-state index contributed by atoms with van der Waals surface area (Å²) in [4.78, 5) is 40.4. The Morgan fingerprint density at radius 1 is 1.30 bits per heavy atom. The first-order chi connectivity index (χ1) is 12.9. The van der Waals surface area contributed by atoms with Crippen LogP contribution in [-0.4, -0.2) is 71.7 Å². The van der Waals surface area contributed by atoms with E-state index < -0.39 is 29.1 Å². The third-order valence-electron chi connectivity index (χ3n) is 6.63. The maximum atomic E-state index is 13.3. The van der Waals surface area contributed by atoms with Gasteiger partial charge < -0.3 is 25.4 Å². The molecule has 152 valence electrons. The van der Waals surface area contributed by atoms with Gasteiger partial charge in [-0.25, -0.2) is 0 Å². The Morgan fingerprint density at radius 2 is 2.04 bits per heavy atom. The van der Waals surface area contributed by atoms with Crippen molar-refractivity contribution < 1.29 is 24.2 Å². The summed E-state index contributed by atoms with van der Waals surface area (Å²) in [7, 11) is 1.56. The highest BCUT2D eigenvalue weighted by atomic mass is 16.5. The number of rotatable bonds is 8. The Balaban J connectivity index is 2.00. The topological polar surface area (TPSA) is 108 Å². The van der Waals surface area contributed by atoms with Crippen molar-refractivity contribution in [1.29, 1.82) is 0 Å². The number of fused-ring (bicyclic) bond motifs is 1. The SMILES string of the molecule is CCCCNC(=O)C1N(CCO)C(=O)[C@@H]2[C@H](C(=O)NC)[C@]3(CC)CCC12O3. The van der Waals surface area contributed by atoms with Crippen LogP contribution in [0.2, 0.25) is 0 Å². The minimum atomic E-state index is -0.990. The Labute approximate surface area is 160 Å². The highest BCUT2D eigenvalue weighted by molar-refractivity contribution is 5.99. The average Bonchev–Trinajstić information content (AvgIpc) is 3.26. The van der Waals surface area contributed by atoms with E-state index in [0.29, 0.717) is 25.8 Å². The minimum absolute atomic E-state index is 0.0614. The van der Waals surface area contributed by atoms with E-state index in [1.165, 1.54) is 4.90 Å². The summed E-state index contributed by atoms with van der Waals surface area (Å²) in [6, 6.07) is -0.804. The van der Waals surface area contributed by atoms with E-state index in [0.717, 1.165) is 12.8 Å². The van der Waals surface area contributed by atoms with Crippen LogP contribution in [0.15, 0.2) is 0 Å².